The monoisotopic (exact) mass is 206 g/mol. The van der Waals surface area contributed by atoms with E-state index in [2.05, 4.69) is 6.58 Å². The van der Waals surface area contributed by atoms with Crippen LogP contribution in [-0.2, 0) is 9.53 Å². The van der Waals surface area contributed by atoms with Crippen LogP contribution >= 0.6 is 0 Å². The fraction of sp³-hybridized carbons (Fsp3) is 0.250. The van der Waals surface area contributed by atoms with Gasteiger partial charge in [-0.3, -0.25) is 4.79 Å². The standard InChI is InChI=1S/C12H14O3/c1-2-11(13)10-14-8-9-15-12-6-4-3-5-7-12/h2-7H,1,8-10H2. The number of hydrogen-bond acceptors (Lipinski definition) is 3. The number of ketones is 1. The summed E-state index contributed by atoms with van der Waals surface area (Å²) in [6.07, 6.45) is 1.25. The SMILES string of the molecule is C=CC(=O)COCCOc1ccccc1. The molecular weight excluding hydrogens is 192 g/mol. The molecule has 0 amide bonds. The Labute approximate surface area is 89.3 Å². The third-order valence-electron chi connectivity index (χ3n) is 1.71. The maximum atomic E-state index is 10.8. The minimum atomic E-state index is -0.116. The van der Waals surface area contributed by atoms with Gasteiger partial charge in [-0.05, 0) is 18.2 Å². The first-order valence-corrected chi connectivity index (χ1v) is 4.74. The zero-order valence-electron chi connectivity index (χ0n) is 8.52. The Morgan fingerprint density at radius 1 is 1.27 bits per heavy atom. The van der Waals surface area contributed by atoms with Crippen molar-refractivity contribution in [2.45, 2.75) is 0 Å². The summed E-state index contributed by atoms with van der Waals surface area (Å²) in [5, 5.41) is 0. The van der Waals surface area contributed by atoms with Crippen molar-refractivity contribution in [1.29, 1.82) is 0 Å². The van der Waals surface area contributed by atoms with Crippen LogP contribution in [0.15, 0.2) is 43.0 Å². The third kappa shape index (κ3) is 4.98. The van der Waals surface area contributed by atoms with Gasteiger partial charge >= 0.3 is 0 Å². The molecule has 0 aliphatic carbocycles. The summed E-state index contributed by atoms with van der Waals surface area (Å²) in [6.45, 7) is 4.25. The van der Waals surface area contributed by atoms with Gasteiger partial charge in [-0.2, -0.15) is 0 Å². The molecule has 0 aliphatic rings. The van der Waals surface area contributed by atoms with E-state index < -0.39 is 0 Å². The van der Waals surface area contributed by atoms with Gasteiger partial charge in [0.15, 0.2) is 5.78 Å². The highest BCUT2D eigenvalue weighted by molar-refractivity contribution is 5.90. The highest BCUT2D eigenvalue weighted by atomic mass is 16.5. The van der Waals surface area contributed by atoms with Gasteiger partial charge in [0.2, 0.25) is 0 Å². The number of carbonyl (C=O) groups is 1. The molecule has 0 saturated carbocycles. The molecule has 1 aromatic carbocycles. The molecular formula is C12H14O3. The third-order valence-corrected chi connectivity index (χ3v) is 1.71. The lowest BCUT2D eigenvalue weighted by atomic mass is 10.3. The van der Waals surface area contributed by atoms with Crippen LogP contribution in [0.1, 0.15) is 0 Å². The van der Waals surface area contributed by atoms with Crippen molar-refractivity contribution in [2.75, 3.05) is 19.8 Å². The summed E-state index contributed by atoms with van der Waals surface area (Å²) in [6, 6.07) is 9.46. The first kappa shape index (κ1) is 11.5. The largest absolute Gasteiger partial charge is 0.491 e. The minimum Gasteiger partial charge on any atom is -0.491 e. The first-order valence-electron chi connectivity index (χ1n) is 4.74. The van der Waals surface area contributed by atoms with Crippen molar-refractivity contribution in [3.8, 4) is 5.75 Å². The van der Waals surface area contributed by atoms with E-state index in [1.807, 2.05) is 30.3 Å². The van der Waals surface area contributed by atoms with Gasteiger partial charge in [-0.25, -0.2) is 0 Å². The van der Waals surface area contributed by atoms with Gasteiger partial charge in [-0.15, -0.1) is 0 Å². The van der Waals surface area contributed by atoms with Gasteiger partial charge in [0.25, 0.3) is 0 Å². The topological polar surface area (TPSA) is 35.5 Å². The molecule has 3 nitrogen and oxygen atoms in total. The Morgan fingerprint density at radius 3 is 2.67 bits per heavy atom. The fourth-order valence-corrected chi connectivity index (χ4v) is 0.967. The predicted octanol–water partition coefficient (Wildman–Crippen LogP) is 1.84. The molecule has 15 heavy (non-hydrogen) atoms. The maximum absolute atomic E-state index is 10.8. The van der Waals surface area contributed by atoms with Crippen LogP contribution < -0.4 is 4.74 Å². The molecule has 0 aliphatic heterocycles. The summed E-state index contributed by atoms with van der Waals surface area (Å²) >= 11 is 0. The molecule has 0 saturated heterocycles. The van der Waals surface area contributed by atoms with Crippen LogP contribution in [0.3, 0.4) is 0 Å². The maximum Gasteiger partial charge on any atom is 0.180 e. The molecule has 3 heteroatoms. The van der Waals surface area contributed by atoms with Crippen LogP contribution in [0.5, 0.6) is 5.75 Å². The Bertz CT molecular complexity index is 306. The van der Waals surface area contributed by atoms with E-state index in [4.69, 9.17) is 9.47 Å². The Kier molecular flexibility index (Phi) is 5.19. The number of ether oxygens (including phenoxy) is 2. The lowest BCUT2D eigenvalue weighted by Crippen LogP contribution is -2.11. The number of rotatable bonds is 7. The van der Waals surface area contributed by atoms with Crippen molar-refractivity contribution in [2.24, 2.45) is 0 Å². The van der Waals surface area contributed by atoms with Crippen LogP contribution in [0.4, 0.5) is 0 Å². The number of carbonyl (C=O) groups excluding carboxylic acids is 1. The quantitative estimate of drug-likeness (QED) is 0.504. The second-order valence-corrected chi connectivity index (χ2v) is 2.88. The second-order valence-electron chi connectivity index (χ2n) is 2.88. The fourth-order valence-electron chi connectivity index (χ4n) is 0.967. The molecule has 0 spiro atoms. The lowest BCUT2D eigenvalue weighted by Gasteiger charge is -2.05. The summed E-state index contributed by atoms with van der Waals surface area (Å²) in [5.41, 5.74) is 0. The lowest BCUT2D eigenvalue weighted by molar-refractivity contribution is -0.119. The van der Waals surface area contributed by atoms with E-state index in [0.717, 1.165) is 5.75 Å². The molecule has 0 unspecified atom stereocenters. The predicted molar refractivity (Wildman–Crippen MR) is 58.0 cm³/mol. The van der Waals surface area contributed by atoms with E-state index in [9.17, 15) is 4.79 Å². The Hall–Kier alpha value is -1.61. The summed E-state index contributed by atoms with van der Waals surface area (Å²) < 4.78 is 10.4. The molecule has 1 aromatic rings. The molecule has 0 bridgehead atoms. The van der Waals surface area contributed by atoms with Crippen molar-refractivity contribution in [1.82, 2.24) is 0 Å². The average molecular weight is 206 g/mol. The summed E-state index contributed by atoms with van der Waals surface area (Å²) in [7, 11) is 0. The zero-order chi connectivity index (χ0) is 10.9. The van der Waals surface area contributed by atoms with Gasteiger partial charge in [0.1, 0.15) is 19.0 Å². The van der Waals surface area contributed by atoms with Gasteiger partial charge in [0, 0.05) is 0 Å². The number of para-hydroxylation sites is 1. The second kappa shape index (κ2) is 6.79. The van der Waals surface area contributed by atoms with E-state index in [1.165, 1.54) is 6.08 Å². The minimum absolute atomic E-state index is 0.0711. The normalized spacial score (nSPS) is 9.60. The highest BCUT2D eigenvalue weighted by Gasteiger charge is 1.95. The van der Waals surface area contributed by atoms with E-state index in [1.54, 1.807) is 0 Å². The first-order chi connectivity index (χ1) is 7.33. The van der Waals surface area contributed by atoms with Crippen LogP contribution in [0.25, 0.3) is 0 Å². The van der Waals surface area contributed by atoms with Crippen molar-refractivity contribution in [3.05, 3.63) is 43.0 Å². The van der Waals surface area contributed by atoms with E-state index >= 15 is 0 Å². The smallest absolute Gasteiger partial charge is 0.180 e. The molecule has 0 radical (unpaired) electrons. The average Bonchev–Trinajstić information content (AvgIpc) is 2.29. The summed E-state index contributed by atoms with van der Waals surface area (Å²) in [5.74, 6) is 0.686. The van der Waals surface area contributed by atoms with Crippen molar-refractivity contribution in [3.63, 3.8) is 0 Å². The van der Waals surface area contributed by atoms with E-state index in [0.29, 0.717) is 13.2 Å². The molecule has 0 fully saturated rings. The van der Waals surface area contributed by atoms with Crippen LogP contribution in [0, 0.1) is 0 Å². The van der Waals surface area contributed by atoms with Gasteiger partial charge in [-0.1, -0.05) is 24.8 Å². The Balaban J connectivity index is 2.07. The number of benzene rings is 1. The zero-order valence-corrected chi connectivity index (χ0v) is 8.52. The molecule has 0 heterocycles. The van der Waals surface area contributed by atoms with E-state index in [-0.39, 0.29) is 12.4 Å². The molecule has 0 aromatic heterocycles. The number of hydrogen-bond donors (Lipinski definition) is 0. The van der Waals surface area contributed by atoms with Crippen LogP contribution in [0.2, 0.25) is 0 Å². The Morgan fingerprint density at radius 2 is 2.00 bits per heavy atom. The highest BCUT2D eigenvalue weighted by Crippen LogP contribution is 2.07. The van der Waals surface area contributed by atoms with Crippen LogP contribution in [-0.4, -0.2) is 25.6 Å². The van der Waals surface area contributed by atoms with Gasteiger partial charge < -0.3 is 9.47 Å². The summed E-state index contributed by atoms with van der Waals surface area (Å²) in [4.78, 5) is 10.8. The van der Waals surface area contributed by atoms with Gasteiger partial charge in [0.05, 0.1) is 6.61 Å². The van der Waals surface area contributed by atoms with Crippen molar-refractivity contribution >= 4 is 5.78 Å². The molecule has 80 valence electrons. The molecule has 1 rings (SSSR count). The molecule has 0 N–H and O–H groups in total. The molecule has 0 atom stereocenters. The van der Waals surface area contributed by atoms with Crippen molar-refractivity contribution < 1.29 is 14.3 Å².